The van der Waals surface area contributed by atoms with Gasteiger partial charge in [0.25, 0.3) is 0 Å². The zero-order valence-corrected chi connectivity index (χ0v) is 11.0. The minimum atomic E-state index is -0.452. The molecule has 5 heteroatoms. The molecule has 0 spiro atoms. The molecule has 0 fully saturated rings. The minimum Gasteiger partial charge on any atom is -0.395 e. The van der Waals surface area contributed by atoms with Crippen molar-refractivity contribution in [2.45, 2.75) is 13.3 Å². The molecule has 1 aromatic carbocycles. The van der Waals surface area contributed by atoms with Gasteiger partial charge >= 0.3 is 6.03 Å². The number of halogens is 1. The summed E-state index contributed by atoms with van der Waals surface area (Å²) in [5, 5.41) is 11.3. The third kappa shape index (κ3) is 4.60. The van der Waals surface area contributed by atoms with E-state index in [2.05, 4.69) is 17.2 Å². The molecule has 0 aliphatic rings. The molecule has 0 atom stereocenters. The van der Waals surface area contributed by atoms with Crippen LogP contribution in [0.4, 0.5) is 14.9 Å². The fourth-order valence-corrected chi connectivity index (χ4v) is 1.27. The standard InChI is InChI=1S/C14H17FN2O2/c1-3-17(2)14(19)16-12-7-8-13(15)11(10-12)6-4-5-9-18/h7-8,10,18H,3,5,9H2,1-2H3,(H,16,19). The van der Waals surface area contributed by atoms with Crippen LogP contribution in [0.2, 0.25) is 0 Å². The van der Waals surface area contributed by atoms with Crippen LogP contribution in [0, 0.1) is 17.7 Å². The van der Waals surface area contributed by atoms with Gasteiger partial charge in [0.2, 0.25) is 0 Å². The summed E-state index contributed by atoms with van der Waals surface area (Å²) in [6.07, 6.45) is 0.286. The summed E-state index contributed by atoms with van der Waals surface area (Å²) in [7, 11) is 1.67. The van der Waals surface area contributed by atoms with E-state index in [-0.39, 0.29) is 24.6 Å². The predicted molar refractivity (Wildman–Crippen MR) is 72.3 cm³/mol. The Kier molecular flexibility index (Phi) is 5.83. The van der Waals surface area contributed by atoms with Crippen LogP contribution < -0.4 is 5.32 Å². The molecule has 0 aliphatic heterocycles. The van der Waals surface area contributed by atoms with Crippen LogP contribution in [0.25, 0.3) is 0 Å². The molecule has 0 unspecified atom stereocenters. The average Bonchev–Trinajstić information content (AvgIpc) is 2.41. The molecule has 102 valence electrons. The van der Waals surface area contributed by atoms with E-state index in [1.54, 1.807) is 7.05 Å². The molecule has 2 amide bonds. The van der Waals surface area contributed by atoms with E-state index in [0.29, 0.717) is 12.2 Å². The highest BCUT2D eigenvalue weighted by atomic mass is 19.1. The number of hydrogen-bond donors (Lipinski definition) is 2. The summed E-state index contributed by atoms with van der Waals surface area (Å²) >= 11 is 0. The van der Waals surface area contributed by atoms with Crippen molar-refractivity contribution in [1.82, 2.24) is 4.90 Å². The lowest BCUT2D eigenvalue weighted by Gasteiger charge is -2.15. The number of aliphatic hydroxyl groups excluding tert-OH is 1. The fourth-order valence-electron chi connectivity index (χ4n) is 1.27. The largest absolute Gasteiger partial charge is 0.395 e. The van der Waals surface area contributed by atoms with E-state index in [9.17, 15) is 9.18 Å². The van der Waals surface area contributed by atoms with Gasteiger partial charge in [-0.25, -0.2) is 9.18 Å². The normalized spacial score (nSPS) is 9.47. The number of hydrogen-bond acceptors (Lipinski definition) is 2. The lowest BCUT2D eigenvalue weighted by Crippen LogP contribution is -2.30. The van der Waals surface area contributed by atoms with E-state index >= 15 is 0 Å². The van der Waals surface area contributed by atoms with Gasteiger partial charge in [0.15, 0.2) is 0 Å². The van der Waals surface area contributed by atoms with Gasteiger partial charge in [-0.2, -0.15) is 0 Å². The topological polar surface area (TPSA) is 52.6 Å². The van der Waals surface area contributed by atoms with Gasteiger partial charge in [-0.3, -0.25) is 0 Å². The maximum absolute atomic E-state index is 13.5. The zero-order valence-electron chi connectivity index (χ0n) is 11.0. The third-order valence-corrected chi connectivity index (χ3v) is 2.50. The summed E-state index contributed by atoms with van der Waals surface area (Å²) < 4.78 is 13.5. The second-order valence-corrected chi connectivity index (χ2v) is 3.91. The maximum atomic E-state index is 13.5. The van der Waals surface area contributed by atoms with Crippen LogP contribution in [0.5, 0.6) is 0 Å². The number of benzene rings is 1. The van der Waals surface area contributed by atoms with Crippen molar-refractivity contribution >= 4 is 11.7 Å². The number of rotatable bonds is 3. The number of carbonyl (C=O) groups is 1. The Bertz CT molecular complexity index is 506. The minimum absolute atomic E-state index is 0.0632. The first-order chi connectivity index (χ1) is 9.08. The molecule has 0 aliphatic carbocycles. The fraction of sp³-hybridized carbons (Fsp3) is 0.357. The van der Waals surface area contributed by atoms with Gasteiger partial charge in [0, 0.05) is 25.7 Å². The molecule has 1 rings (SSSR count). The van der Waals surface area contributed by atoms with E-state index in [0.717, 1.165) is 0 Å². The predicted octanol–water partition coefficient (Wildman–Crippen LogP) is 2.04. The molecule has 0 saturated carbocycles. The highest BCUT2D eigenvalue weighted by Crippen LogP contribution is 2.14. The Morgan fingerprint density at radius 2 is 2.26 bits per heavy atom. The van der Waals surface area contributed by atoms with Crippen molar-refractivity contribution in [3.63, 3.8) is 0 Å². The number of nitrogens with zero attached hydrogens (tertiary/aromatic N) is 1. The van der Waals surface area contributed by atoms with Crippen LogP contribution in [-0.2, 0) is 0 Å². The van der Waals surface area contributed by atoms with E-state index < -0.39 is 5.82 Å². The van der Waals surface area contributed by atoms with Gasteiger partial charge in [0.05, 0.1) is 12.2 Å². The molecule has 0 saturated heterocycles. The van der Waals surface area contributed by atoms with E-state index in [1.807, 2.05) is 6.92 Å². The number of aliphatic hydroxyl groups is 1. The van der Waals surface area contributed by atoms with Crippen LogP contribution >= 0.6 is 0 Å². The average molecular weight is 264 g/mol. The summed E-state index contributed by atoms with van der Waals surface area (Å²) in [5.41, 5.74) is 0.686. The van der Waals surface area contributed by atoms with Crippen molar-refractivity contribution in [2.24, 2.45) is 0 Å². The maximum Gasteiger partial charge on any atom is 0.321 e. The second-order valence-electron chi connectivity index (χ2n) is 3.91. The molecule has 1 aromatic rings. The van der Waals surface area contributed by atoms with Crippen molar-refractivity contribution in [1.29, 1.82) is 0 Å². The van der Waals surface area contributed by atoms with Gasteiger partial charge in [-0.1, -0.05) is 11.8 Å². The first-order valence-corrected chi connectivity index (χ1v) is 6.00. The molecular weight excluding hydrogens is 247 g/mol. The van der Waals surface area contributed by atoms with Crippen molar-refractivity contribution in [3.8, 4) is 11.8 Å². The molecule has 0 radical (unpaired) electrons. The van der Waals surface area contributed by atoms with Crippen LogP contribution in [0.1, 0.15) is 18.9 Å². The van der Waals surface area contributed by atoms with Gasteiger partial charge < -0.3 is 15.3 Å². The van der Waals surface area contributed by atoms with Gasteiger partial charge in [-0.05, 0) is 25.1 Å². The number of carbonyl (C=O) groups excluding carboxylic acids is 1. The SMILES string of the molecule is CCN(C)C(=O)Nc1ccc(F)c(C#CCCO)c1. The van der Waals surface area contributed by atoms with Crippen molar-refractivity contribution in [2.75, 3.05) is 25.5 Å². The summed E-state index contributed by atoms with van der Waals surface area (Å²) in [4.78, 5) is 13.2. The lowest BCUT2D eigenvalue weighted by molar-refractivity contribution is 0.224. The van der Waals surface area contributed by atoms with Crippen molar-refractivity contribution in [3.05, 3.63) is 29.6 Å². The summed E-state index contributed by atoms with van der Waals surface area (Å²) in [6.45, 7) is 2.37. The van der Waals surface area contributed by atoms with Crippen LogP contribution in [-0.4, -0.2) is 36.2 Å². The molecular formula is C14H17FN2O2. The summed E-state index contributed by atoms with van der Waals surface area (Å²) in [5.74, 6) is 4.81. The quantitative estimate of drug-likeness (QED) is 0.821. The molecule has 19 heavy (non-hydrogen) atoms. The smallest absolute Gasteiger partial charge is 0.321 e. The number of nitrogens with one attached hydrogen (secondary N) is 1. The first-order valence-electron chi connectivity index (χ1n) is 6.00. The first kappa shape index (κ1) is 15.0. The Labute approximate surface area is 112 Å². The zero-order chi connectivity index (χ0) is 14.3. The number of urea groups is 1. The highest BCUT2D eigenvalue weighted by Gasteiger charge is 2.08. The van der Waals surface area contributed by atoms with E-state index in [4.69, 9.17) is 5.11 Å². The molecule has 0 heterocycles. The Hall–Kier alpha value is -2.06. The van der Waals surface area contributed by atoms with E-state index in [1.165, 1.54) is 23.1 Å². The molecule has 0 aromatic heterocycles. The number of anilines is 1. The van der Waals surface area contributed by atoms with Gasteiger partial charge in [-0.15, -0.1) is 0 Å². The molecule has 0 bridgehead atoms. The Morgan fingerprint density at radius 1 is 1.53 bits per heavy atom. The second kappa shape index (κ2) is 7.39. The van der Waals surface area contributed by atoms with Gasteiger partial charge in [0.1, 0.15) is 5.82 Å². The van der Waals surface area contributed by atoms with Crippen LogP contribution in [0.15, 0.2) is 18.2 Å². The highest BCUT2D eigenvalue weighted by molar-refractivity contribution is 5.89. The van der Waals surface area contributed by atoms with Crippen LogP contribution in [0.3, 0.4) is 0 Å². The Morgan fingerprint density at radius 3 is 2.89 bits per heavy atom. The monoisotopic (exact) mass is 264 g/mol. The lowest BCUT2D eigenvalue weighted by atomic mass is 10.2. The third-order valence-electron chi connectivity index (χ3n) is 2.50. The number of amides is 2. The molecule has 4 nitrogen and oxygen atoms in total. The Balaban J connectivity index is 2.85. The summed E-state index contributed by atoms with van der Waals surface area (Å²) in [6, 6.07) is 3.95. The molecule has 2 N–H and O–H groups in total. The van der Waals surface area contributed by atoms with Crippen molar-refractivity contribution < 1.29 is 14.3 Å².